The molecule has 0 radical (unpaired) electrons. The number of hydrogen-bond donors (Lipinski definition) is 2. The summed E-state index contributed by atoms with van der Waals surface area (Å²) in [6.45, 7) is 2.29. The van der Waals surface area contributed by atoms with Gasteiger partial charge in [0.1, 0.15) is 0 Å². The van der Waals surface area contributed by atoms with Crippen LogP contribution in [0.15, 0.2) is 12.2 Å². The Hall–Kier alpha value is -0.320. The second kappa shape index (κ2) is 19.7. The molecule has 0 aliphatic carbocycles. The van der Waals surface area contributed by atoms with Crippen LogP contribution in [0.1, 0.15) is 71.1 Å². The zero-order valence-electron chi connectivity index (χ0n) is 13.6. The molecule has 21 heavy (non-hydrogen) atoms. The molecular formula is C16H29NaO4. The molecule has 0 fully saturated rings. The number of unbranched alkanes of at least 4 members (excludes halogenated alkanes) is 9. The van der Waals surface area contributed by atoms with Crippen LogP contribution in [0.3, 0.4) is 0 Å². The minimum absolute atomic E-state index is 0.558. The van der Waals surface area contributed by atoms with Crippen LogP contribution in [0.2, 0.25) is 3.67 Å². The van der Waals surface area contributed by atoms with Crippen LogP contribution in [0.25, 0.3) is 0 Å². The molecule has 0 aromatic rings. The number of carboxylic acids is 2. The number of aliphatic carboxylic acids is 2. The molecule has 0 bridgehead atoms. The van der Waals surface area contributed by atoms with Gasteiger partial charge in [0, 0.05) is 12.2 Å². The van der Waals surface area contributed by atoms with Crippen molar-refractivity contribution >= 4 is 39.9 Å². The Balaban J connectivity index is 0. The first-order valence-electron chi connectivity index (χ1n) is 8.18. The second-order valence-electron chi connectivity index (χ2n) is 5.19. The van der Waals surface area contributed by atoms with E-state index in [2.05, 4.69) is 6.92 Å². The fourth-order valence-corrected chi connectivity index (χ4v) is 2.38. The van der Waals surface area contributed by atoms with E-state index in [0.717, 1.165) is 0 Å². The van der Waals surface area contributed by atoms with E-state index in [1.165, 1.54) is 95.8 Å². The van der Waals surface area contributed by atoms with Crippen LogP contribution < -0.4 is 0 Å². The quantitative estimate of drug-likeness (QED) is 0.322. The predicted molar refractivity (Wildman–Crippen MR) is 86.8 cm³/mol. The molecule has 0 unspecified atom stereocenters. The molecule has 0 atom stereocenters. The SMILES string of the molecule is CCCCCCCCCCC[CH2][Na].O=C(O)/C=C\C(=O)O. The Morgan fingerprint density at radius 1 is 0.762 bits per heavy atom. The molecule has 0 aliphatic heterocycles. The largest absolute Gasteiger partial charge is 0.478 e. The van der Waals surface area contributed by atoms with Gasteiger partial charge in [-0.3, -0.25) is 0 Å². The monoisotopic (exact) mass is 308 g/mol. The van der Waals surface area contributed by atoms with Crippen molar-refractivity contribution in [3.8, 4) is 0 Å². The average molecular weight is 308 g/mol. The number of rotatable bonds is 12. The minimum Gasteiger partial charge on any atom is -0.478 e. The molecule has 0 aliphatic rings. The van der Waals surface area contributed by atoms with Gasteiger partial charge in [0.15, 0.2) is 0 Å². The molecule has 0 spiro atoms. The fraction of sp³-hybridized carbons (Fsp3) is 0.750. The molecule has 0 heterocycles. The molecular weight excluding hydrogens is 279 g/mol. The summed E-state index contributed by atoms with van der Waals surface area (Å²) >= 11 is 1.41. The number of carbonyl (C=O) groups is 2. The molecule has 0 rings (SSSR count). The Kier molecular flexibility index (Phi) is 21.5. The predicted octanol–water partition coefficient (Wildman–Crippen LogP) is 4.21. The zero-order valence-corrected chi connectivity index (χ0v) is 15.6. The Morgan fingerprint density at radius 2 is 1.10 bits per heavy atom. The van der Waals surface area contributed by atoms with Crippen molar-refractivity contribution in [2.24, 2.45) is 0 Å². The summed E-state index contributed by atoms with van der Waals surface area (Å²) in [5.41, 5.74) is 0. The molecule has 4 nitrogen and oxygen atoms in total. The summed E-state index contributed by atoms with van der Waals surface area (Å²) < 4.78 is 1.51. The molecule has 2 N–H and O–H groups in total. The molecule has 0 saturated heterocycles. The maximum Gasteiger partial charge on any atom is 0.328 e. The molecule has 118 valence electrons. The van der Waals surface area contributed by atoms with Crippen LogP contribution in [-0.4, -0.2) is 50.1 Å². The summed E-state index contributed by atoms with van der Waals surface area (Å²) in [6.07, 6.45) is 15.9. The third-order valence-corrected chi connectivity index (χ3v) is 3.78. The van der Waals surface area contributed by atoms with Gasteiger partial charge in [-0.2, -0.15) is 0 Å². The van der Waals surface area contributed by atoms with Crippen molar-refractivity contribution in [1.29, 1.82) is 0 Å². The summed E-state index contributed by atoms with van der Waals surface area (Å²) in [6, 6.07) is 0. The van der Waals surface area contributed by atoms with Crippen LogP contribution in [0.4, 0.5) is 0 Å². The Bertz CT molecular complexity index is 251. The zero-order chi connectivity index (χ0) is 16.3. The molecule has 0 amide bonds. The smallest absolute Gasteiger partial charge is 0.328 e. The van der Waals surface area contributed by atoms with E-state index in [9.17, 15) is 9.59 Å². The summed E-state index contributed by atoms with van der Waals surface area (Å²) in [5, 5.41) is 15.6. The van der Waals surface area contributed by atoms with Gasteiger partial charge in [-0.15, -0.1) is 0 Å². The first-order chi connectivity index (χ1) is 10.0. The van der Waals surface area contributed by atoms with Crippen LogP contribution in [0.5, 0.6) is 0 Å². The Labute approximate surface area is 146 Å². The van der Waals surface area contributed by atoms with E-state index in [0.29, 0.717) is 12.2 Å². The van der Waals surface area contributed by atoms with Gasteiger partial charge in [0.2, 0.25) is 0 Å². The molecule has 0 saturated carbocycles. The molecule has 0 aromatic carbocycles. The van der Waals surface area contributed by atoms with E-state index in [1.807, 2.05) is 0 Å². The first kappa shape index (κ1) is 23.0. The number of carboxylic acid groups (broad SMARTS) is 2. The fourth-order valence-electron chi connectivity index (χ4n) is 1.88. The van der Waals surface area contributed by atoms with Gasteiger partial charge < -0.3 is 10.2 Å². The Morgan fingerprint density at radius 3 is 1.38 bits per heavy atom. The minimum atomic E-state index is -1.26. The maximum absolute atomic E-state index is 9.55. The van der Waals surface area contributed by atoms with Crippen molar-refractivity contribution < 1.29 is 19.8 Å². The van der Waals surface area contributed by atoms with E-state index in [1.54, 1.807) is 0 Å². The van der Waals surface area contributed by atoms with Crippen molar-refractivity contribution in [2.45, 2.75) is 74.8 Å². The van der Waals surface area contributed by atoms with Gasteiger partial charge in [-0.05, 0) is 0 Å². The van der Waals surface area contributed by atoms with Crippen LogP contribution in [0, 0.1) is 0 Å². The maximum atomic E-state index is 9.55. The van der Waals surface area contributed by atoms with E-state index < -0.39 is 11.9 Å². The van der Waals surface area contributed by atoms with E-state index in [4.69, 9.17) is 10.2 Å². The topological polar surface area (TPSA) is 74.6 Å². The van der Waals surface area contributed by atoms with Gasteiger partial charge >= 0.3 is 115 Å². The summed E-state index contributed by atoms with van der Waals surface area (Å²) in [4.78, 5) is 19.1. The van der Waals surface area contributed by atoms with Crippen molar-refractivity contribution in [2.75, 3.05) is 0 Å². The van der Waals surface area contributed by atoms with Gasteiger partial charge in [-0.25, -0.2) is 9.59 Å². The summed E-state index contributed by atoms with van der Waals surface area (Å²) in [7, 11) is 0. The number of hydrogen-bond acceptors (Lipinski definition) is 2. The van der Waals surface area contributed by atoms with Gasteiger partial charge in [0.05, 0.1) is 0 Å². The first-order valence-corrected chi connectivity index (χ1v) is 9.59. The molecule has 5 heteroatoms. The van der Waals surface area contributed by atoms with Gasteiger partial charge in [-0.1, -0.05) is 0 Å². The van der Waals surface area contributed by atoms with Crippen molar-refractivity contribution in [3.63, 3.8) is 0 Å². The van der Waals surface area contributed by atoms with Crippen molar-refractivity contribution in [1.82, 2.24) is 0 Å². The summed E-state index contributed by atoms with van der Waals surface area (Å²) in [5.74, 6) is -2.51. The van der Waals surface area contributed by atoms with Crippen LogP contribution >= 0.6 is 0 Å². The van der Waals surface area contributed by atoms with Crippen LogP contribution in [-0.2, 0) is 9.59 Å². The van der Waals surface area contributed by atoms with E-state index in [-0.39, 0.29) is 0 Å². The normalized spacial score (nSPS) is 10.2. The second-order valence-corrected chi connectivity index (χ2v) is 6.19. The molecule has 0 aromatic heterocycles. The third-order valence-electron chi connectivity index (χ3n) is 3.08. The van der Waals surface area contributed by atoms with E-state index >= 15 is 0 Å². The van der Waals surface area contributed by atoms with Gasteiger partial charge in [0.25, 0.3) is 0 Å². The van der Waals surface area contributed by atoms with Crippen molar-refractivity contribution in [3.05, 3.63) is 12.2 Å². The third kappa shape index (κ3) is 28.5. The standard InChI is InChI=1S/C12H25.C4H4O4.Na/c1-3-5-7-9-11-12-10-8-6-4-2;5-3(6)1-2-4(7)8;/h1,3-12H2,2H3;1-2H,(H,5,6)(H,7,8);/b;2-1-;. The average Bonchev–Trinajstić information content (AvgIpc) is 2.44.